The molecule has 2 saturated heterocycles. The van der Waals surface area contributed by atoms with Crippen molar-refractivity contribution in [2.45, 2.75) is 32.4 Å². The first-order valence-corrected chi connectivity index (χ1v) is 13.4. The number of halogens is 2. The van der Waals surface area contributed by atoms with E-state index in [2.05, 4.69) is 15.3 Å². The minimum atomic E-state index is 0.191. The molecular weight excluding hydrogens is 517 g/mol. The van der Waals surface area contributed by atoms with Crippen molar-refractivity contribution in [1.29, 1.82) is 0 Å². The van der Waals surface area contributed by atoms with Crippen molar-refractivity contribution >= 4 is 40.5 Å². The number of ether oxygens (including phenoxy) is 3. The van der Waals surface area contributed by atoms with Gasteiger partial charge in [-0.2, -0.15) is 0 Å². The summed E-state index contributed by atoms with van der Waals surface area (Å²) in [4.78, 5) is 16.4. The Morgan fingerprint density at radius 2 is 1.86 bits per heavy atom. The molecule has 3 N–H and O–H groups in total. The maximum absolute atomic E-state index is 6.17. The maximum Gasteiger partial charge on any atom is 0.157 e. The number of hydrogen-bond acceptors (Lipinski definition) is 9. The highest BCUT2D eigenvalue weighted by Gasteiger charge is 2.24. The fraction of sp³-hybridized carbons (Fsp3) is 0.560. The number of hydrogen-bond donors (Lipinski definition) is 2. The second-order valence-electron chi connectivity index (χ2n) is 8.98. The Balaban J connectivity index is 1.23. The van der Waals surface area contributed by atoms with Gasteiger partial charge in [-0.25, -0.2) is 15.0 Å². The largest absolute Gasteiger partial charge is 0.378 e. The summed E-state index contributed by atoms with van der Waals surface area (Å²) in [6, 6.07) is 7.46. The first-order valence-electron chi connectivity index (χ1n) is 12.6. The maximum atomic E-state index is 6.17. The first kappa shape index (κ1) is 28.0. The topological polar surface area (TPSA) is 110 Å². The number of hydrazine groups is 1. The van der Waals surface area contributed by atoms with Crippen LogP contribution in [0, 0.1) is 6.92 Å². The minimum Gasteiger partial charge on any atom is -0.378 e. The Morgan fingerprint density at radius 1 is 1.05 bits per heavy atom. The summed E-state index contributed by atoms with van der Waals surface area (Å²) in [6.45, 7) is 8.54. The monoisotopic (exact) mass is 551 g/mol. The molecule has 1 aromatic carbocycles. The van der Waals surface area contributed by atoms with Crippen molar-refractivity contribution in [3.63, 3.8) is 0 Å². The van der Waals surface area contributed by atoms with Gasteiger partial charge in [-0.15, -0.1) is 0 Å². The van der Waals surface area contributed by atoms with Crippen LogP contribution in [0.1, 0.15) is 24.4 Å². The molecule has 0 bridgehead atoms. The van der Waals surface area contributed by atoms with Crippen LogP contribution < -0.4 is 16.2 Å². The van der Waals surface area contributed by atoms with Gasteiger partial charge in [-0.3, -0.25) is 15.3 Å². The molecule has 1 aromatic heterocycles. The van der Waals surface area contributed by atoms with E-state index in [1.165, 1.54) is 0 Å². The Kier molecular flexibility index (Phi) is 10.7. The van der Waals surface area contributed by atoms with Crippen molar-refractivity contribution in [3.8, 4) is 0 Å². The smallest absolute Gasteiger partial charge is 0.157 e. The average Bonchev–Trinajstić information content (AvgIpc) is 3.52. The molecule has 2 fully saturated rings. The Hall–Kier alpha value is -2.05. The van der Waals surface area contributed by atoms with E-state index in [0.29, 0.717) is 62.0 Å². The second-order valence-corrected chi connectivity index (χ2v) is 9.80. The molecule has 3 heterocycles. The van der Waals surface area contributed by atoms with Crippen LogP contribution in [-0.2, 0) is 20.8 Å². The third kappa shape index (κ3) is 8.75. The van der Waals surface area contributed by atoms with Gasteiger partial charge >= 0.3 is 0 Å². The zero-order chi connectivity index (χ0) is 26.0. The Bertz CT molecular complexity index is 1060. The molecule has 2 aliphatic rings. The van der Waals surface area contributed by atoms with Crippen LogP contribution in [0.4, 0.5) is 11.5 Å². The molecule has 0 aliphatic carbocycles. The molecule has 202 valence electrons. The van der Waals surface area contributed by atoms with Crippen molar-refractivity contribution in [3.05, 3.63) is 45.8 Å². The number of nitrogens with zero attached hydrogens (tertiary/aromatic N) is 5. The molecule has 2 aliphatic heterocycles. The van der Waals surface area contributed by atoms with Crippen molar-refractivity contribution < 1.29 is 14.2 Å². The first-order chi connectivity index (χ1) is 18.0. The minimum absolute atomic E-state index is 0.191. The van der Waals surface area contributed by atoms with Gasteiger partial charge < -0.3 is 19.9 Å². The number of nitrogens with two attached hydrogens (primary N) is 1. The number of rotatable bonds is 13. The summed E-state index contributed by atoms with van der Waals surface area (Å²) in [5.74, 6) is 2.26. The van der Waals surface area contributed by atoms with Gasteiger partial charge in [-0.05, 0) is 31.5 Å². The van der Waals surface area contributed by atoms with E-state index in [1.807, 2.05) is 30.1 Å². The van der Waals surface area contributed by atoms with Gasteiger partial charge in [0.15, 0.2) is 5.82 Å². The zero-order valence-corrected chi connectivity index (χ0v) is 22.7. The van der Waals surface area contributed by atoms with Crippen LogP contribution in [-0.4, -0.2) is 86.0 Å². The number of anilines is 1. The molecule has 4 rings (SSSR count). The molecule has 12 heteroatoms. The highest BCUT2D eigenvalue weighted by molar-refractivity contribution is 6.42. The Labute approximate surface area is 228 Å². The predicted molar refractivity (Wildman–Crippen MR) is 146 cm³/mol. The van der Waals surface area contributed by atoms with Crippen LogP contribution in [0.2, 0.25) is 10.0 Å². The van der Waals surface area contributed by atoms with Crippen LogP contribution >= 0.6 is 23.2 Å². The lowest BCUT2D eigenvalue weighted by atomic mass is 10.3. The van der Waals surface area contributed by atoms with E-state index in [9.17, 15) is 0 Å². The van der Waals surface area contributed by atoms with E-state index >= 15 is 0 Å². The van der Waals surface area contributed by atoms with Crippen LogP contribution in [0.15, 0.2) is 29.3 Å². The van der Waals surface area contributed by atoms with Crippen molar-refractivity contribution in [2.75, 3.05) is 64.2 Å². The summed E-state index contributed by atoms with van der Waals surface area (Å²) in [6.07, 6.45) is 1.94. The lowest BCUT2D eigenvalue weighted by Gasteiger charge is -2.18. The fourth-order valence-corrected chi connectivity index (χ4v) is 4.54. The summed E-state index contributed by atoms with van der Waals surface area (Å²) >= 11 is 12.2. The Morgan fingerprint density at radius 3 is 2.68 bits per heavy atom. The summed E-state index contributed by atoms with van der Waals surface area (Å²) in [5.41, 5.74) is 10.5. The quantitative estimate of drug-likeness (QED) is 0.362. The SMILES string of the molecule is Cc1cc(N=C2CCN(c3ccc(Cl)c(Cl)c3)N2)nc(CN2CCC(OCCOCCOCCN)C2)n1. The van der Waals surface area contributed by atoms with Crippen molar-refractivity contribution in [1.82, 2.24) is 20.3 Å². The van der Waals surface area contributed by atoms with Crippen LogP contribution in [0.3, 0.4) is 0 Å². The lowest BCUT2D eigenvalue weighted by Crippen LogP contribution is -2.33. The number of likely N-dealkylation sites (tertiary alicyclic amines) is 1. The number of amidine groups is 1. The van der Waals surface area contributed by atoms with E-state index in [1.54, 1.807) is 6.07 Å². The van der Waals surface area contributed by atoms with E-state index in [4.69, 9.17) is 53.1 Å². The van der Waals surface area contributed by atoms with Gasteiger partial charge in [-0.1, -0.05) is 23.2 Å². The fourth-order valence-electron chi connectivity index (χ4n) is 4.25. The van der Waals surface area contributed by atoms with Crippen LogP contribution in [0.5, 0.6) is 0 Å². The normalized spacial score (nSPS) is 19.2. The number of nitrogens with one attached hydrogen (secondary N) is 1. The van der Waals surface area contributed by atoms with E-state index < -0.39 is 0 Å². The predicted octanol–water partition coefficient (Wildman–Crippen LogP) is 3.12. The van der Waals surface area contributed by atoms with Gasteiger partial charge in [0.25, 0.3) is 0 Å². The number of aryl methyl sites for hydroxylation is 1. The number of aliphatic imine (C=N–C) groups is 1. The van der Waals surface area contributed by atoms with Crippen LogP contribution in [0.25, 0.3) is 0 Å². The highest BCUT2D eigenvalue weighted by Crippen LogP contribution is 2.28. The molecule has 2 aromatic rings. The zero-order valence-electron chi connectivity index (χ0n) is 21.2. The van der Waals surface area contributed by atoms with Gasteiger partial charge in [0.1, 0.15) is 11.7 Å². The average molecular weight is 553 g/mol. The summed E-state index contributed by atoms with van der Waals surface area (Å²) < 4.78 is 16.8. The van der Waals surface area contributed by atoms with Crippen molar-refractivity contribution in [2.24, 2.45) is 10.7 Å². The molecule has 10 nitrogen and oxygen atoms in total. The second kappa shape index (κ2) is 14.2. The van der Waals surface area contributed by atoms with E-state index in [-0.39, 0.29) is 6.10 Å². The highest BCUT2D eigenvalue weighted by atomic mass is 35.5. The third-order valence-corrected chi connectivity index (χ3v) is 6.74. The molecule has 1 atom stereocenters. The molecule has 1 unspecified atom stereocenters. The standard InChI is InChI=1S/C25H35Cl2N7O3/c1-18-14-24(30-23-5-8-34(32-23)19-2-3-21(26)22(27)15-19)31-25(29-18)17-33-7-4-20(16-33)37-13-12-36-11-10-35-9-6-28/h2-3,14-15,20H,4-13,16-17,28H2,1H3,(H,29,30,31,32). The number of aromatic nitrogens is 2. The summed E-state index contributed by atoms with van der Waals surface area (Å²) in [7, 11) is 0. The molecule has 37 heavy (non-hydrogen) atoms. The third-order valence-electron chi connectivity index (χ3n) is 6.00. The van der Waals surface area contributed by atoms with E-state index in [0.717, 1.165) is 55.5 Å². The molecule has 0 spiro atoms. The van der Waals surface area contributed by atoms with Gasteiger partial charge in [0, 0.05) is 44.4 Å². The van der Waals surface area contributed by atoms with Gasteiger partial charge in [0.05, 0.1) is 61.4 Å². The molecule has 0 saturated carbocycles. The molecule has 0 amide bonds. The molecule has 0 radical (unpaired) electrons. The number of benzene rings is 1. The lowest BCUT2D eigenvalue weighted by molar-refractivity contribution is -0.00761. The summed E-state index contributed by atoms with van der Waals surface area (Å²) in [5, 5.41) is 3.06. The molecular formula is C25H35Cl2N7O3. The van der Waals surface area contributed by atoms with Gasteiger partial charge in [0.2, 0.25) is 0 Å².